The quantitative estimate of drug-likeness (QED) is 0.822. The van der Waals surface area contributed by atoms with Gasteiger partial charge in [-0.1, -0.05) is 30.3 Å². The summed E-state index contributed by atoms with van der Waals surface area (Å²) >= 11 is 0. The summed E-state index contributed by atoms with van der Waals surface area (Å²) in [6.07, 6.45) is 2.38. The Kier molecular flexibility index (Phi) is 5.95. The Balaban J connectivity index is 2.17. The fraction of sp³-hybridized carbons (Fsp3) is 0.529. The first-order valence-corrected chi connectivity index (χ1v) is 7.96. The van der Waals surface area contributed by atoms with Crippen molar-refractivity contribution in [2.45, 2.75) is 38.3 Å². The molecule has 2 rings (SSSR count). The molecular weight excluding hydrogens is 278 g/mol. The van der Waals surface area contributed by atoms with Crippen LogP contribution < -0.4 is 10.6 Å². The Bertz CT molecular complexity index is 504. The van der Waals surface area contributed by atoms with E-state index in [-0.39, 0.29) is 23.9 Å². The van der Waals surface area contributed by atoms with Gasteiger partial charge in [0.25, 0.3) is 0 Å². The highest BCUT2D eigenvalue weighted by Crippen LogP contribution is 2.22. The van der Waals surface area contributed by atoms with Gasteiger partial charge >= 0.3 is 0 Å². The zero-order chi connectivity index (χ0) is 15.9. The summed E-state index contributed by atoms with van der Waals surface area (Å²) in [5, 5.41) is 5.62. The molecule has 0 bridgehead atoms. The van der Waals surface area contributed by atoms with Gasteiger partial charge in [-0.05, 0) is 38.3 Å². The number of nitrogens with one attached hydrogen (secondary N) is 2. The lowest BCUT2D eigenvalue weighted by molar-refractivity contribution is -0.130. The standard InChI is InChI=1S/C17H25N3O2/c1-3-19-17(22)14-10-7-11-20(14)15(16(21)18-2)12-13-8-5-4-6-9-13/h4-6,8-9,14-15H,3,7,10-12H2,1-2H3,(H,18,21)(H,19,22)/t14-,15+/m0/s1. The van der Waals surface area contributed by atoms with E-state index in [1.54, 1.807) is 7.05 Å². The molecular formula is C17H25N3O2. The Morgan fingerprint density at radius 3 is 2.68 bits per heavy atom. The fourth-order valence-corrected chi connectivity index (χ4v) is 3.10. The van der Waals surface area contributed by atoms with E-state index in [9.17, 15) is 9.59 Å². The normalized spacial score (nSPS) is 19.6. The summed E-state index contributed by atoms with van der Waals surface area (Å²) in [4.78, 5) is 26.6. The second-order valence-electron chi connectivity index (χ2n) is 5.61. The predicted molar refractivity (Wildman–Crippen MR) is 86.4 cm³/mol. The summed E-state index contributed by atoms with van der Waals surface area (Å²) in [6.45, 7) is 3.32. The molecule has 2 atom stereocenters. The van der Waals surface area contributed by atoms with Crippen molar-refractivity contribution in [2.24, 2.45) is 0 Å². The zero-order valence-electron chi connectivity index (χ0n) is 13.3. The maximum absolute atomic E-state index is 12.3. The van der Waals surface area contributed by atoms with E-state index < -0.39 is 0 Å². The van der Waals surface area contributed by atoms with Crippen LogP contribution in [0, 0.1) is 0 Å². The van der Waals surface area contributed by atoms with Crippen molar-refractivity contribution in [3.8, 4) is 0 Å². The van der Waals surface area contributed by atoms with Crippen molar-refractivity contribution in [3.05, 3.63) is 35.9 Å². The summed E-state index contributed by atoms with van der Waals surface area (Å²) in [7, 11) is 1.65. The lowest BCUT2D eigenvalue weighted by atomic mass is 10.0. The minimum absolute atomic E-state index is 0.0277. The van der Waals surface area contributed by atoms with Crippen LogP contribution in [-0.4, -0.2) is 48.9 Å². The number of hydrogen-bond donors (Lipinski definition) is 2. The van der Waals surface area contributed by atoms with Crippen molar-refractivity contribution >= 4 is 11.8 Å². The van der Waals surface area contributed by atoms with E-state index in [0.717, 1.165) is 24.9 Å². The Morgan fingerprint density at radius 2 is 2.05 bits per heavy atom. The predicted octanol–water partition coefficient (Wildman–Crippen LogP) is 0.944. The molecule has 5 heteroatoms. The second kappa shape index (κ2) is 7.94. The first-order valence-electron chi connectivity index (χ1n) is 7.96. The van der Waals surface area contributed by atoms with E-state index in [0.29, 0.717) is 13.0 Å². The average Bonchev–Trinajstić information content (AvgIpc) is 3.02. The molecule has 2 N–H and O–H groups in total. The SMILES string of the molecule is CCNC(=O)[C@@H]1CCCN1[C@H](Cc1ccccc1)C(=O)NC. The van der Waals surface area contributed by atoms with Crippen molar-refractivity contribution < 1.29 is 9.59 Å². The van der Waals surface area contributed by atoms with Gasteiger partial charge in [0.15, 0.2) is 0 Å². The van der Waals surface area contributed by atoms with Crippen LogP contribution >= 0.6 is 0 Å². The lowest BCUT2D eigenvalue weighted by Crippen LogP contribution is -2.53. The minimum atomic E-state index is -0.303. The molecule has 5 nitrogen and oxygen atoms in total. The van der Waals surface area contributed by atoms with Crippen LogP contribution in [0.25, 0.3) is 0 Å². The maximum Gasteiger partial charge on any atom is 0.237 e. The van der Waals surface area contributed by atoms with Gasteiger partial charge in [-0.3, -0.25) is 14.5 Å². The number of amides is 2. The number of nitrogens with zero attached hydrogens (tertiary/aromatic N) is 1. The summed E-state index contributed by atoms with van der Waals surface area (Å²) in [5.41, 5.74) is 1.11. The van der Waals surface area contributed by atoms with E-state index in [4.69, 9.17) is 0 Å². The summed E-state index contributed by atoms with van der Waals surface area (Å²) in [5.74, 6) is 0.00187. The van der Waals surface area contributed by atoms with Gasteiger partial charge < -0.3 is 10.6 Å². The van der Waals surface area contributed by atoms with Crippen LogP contribution in [0.15, 0.2) is 30.3 Å². The summed E-state index contributed by atoms with van der Waals surface area (Å²) < 4.78 is 0. The van der Waals surface area contributed by atoms with Crippen LogP contribution in [-0.2, 0) is 16.0 Å². The van der Waals surface area contributed by atoms with Crippen LogP contribution in [0.4, 0.5) is 0 Å². The van der Waals surface area contributed by atoms with E-state index >= 15 is 0 Å². The smallest absolute Gasteiger partial charge is 0.237 e. The number of hydrogen-bond acceptors (Lipinski definition) is 3. The largest absolute Gasteiger partial charge is 0.358 e. The lowest BCUT2D eigenvalue weighted by Gasteiger charge is -2.31. The van der Waals surface area contributed by atoms with Crippen molar-refractivity contribution in [1.29, 1.82) is 0 Å². The minimum Gasteiger partial charge on any atom is -0.358 e. The molecule has 2 amide bonds. The number of carbonyl (C=O) groups excluding carboxylic acids is 2. The summed E-state index contributed by atoms with van der Waals surface area (Å²) in [6, 6.07) is 9.45. The van der Waals surface area contributed by atoms with Crippen LogP contribution in [0.1, 0.15) is 25.3 Å². The van der Waals surface area contributed by atoms with Crippen molar-refractivity contribution in [1.82, 2.24) is 15.5 Å². The number of carbonyl (C=O) groups is 2. The molecule has 1 aromatic rings. The van der Waals surface area contributed by atoms with Crippen molar-refractivity contribution in [2.75, 3.05) is 20.1 Å². The van der Waals surface area contributed by atoms with Gasteiger partial charge in [0.2, 0.25) is 11.8 Å². The third-order valence-electron chi connectivity index (χ3n) is 4.17. The average molecular weight is 303 g/mol. The van der Waals surface area contributed by atoms with Crippen LogP contribution in [0.5, 0.6) is 0 Å². The Hall–Kier alpha value is -1.88. The zero-order valence-corrected chi connectivity index (χ0v) is 13.3. The molecule has 0 aromatic heterocycles. The second-order valence-corrected chi connectivity index (χ2v) is 5.61. The van der Waals surface area contributed by atoms with Gasteiger partial charge in [0.05, 0.1) is 12.1 Å². The molecule has 0 radical (unpaired) electrons. The molecule has 1 heterocycles. The van der Waals surface area contributed by atoms with Gasteiger partial charge in [-0.2, -0.15) is 0 Å². The first-order chi connectivity index (χ1) is 10.7. The van der Waals surface area contributed by atoms with E-state index in [2.05, 4.69) is 15.5 Å². The van der Waals surface area contributed by atoms with Gasteiger partial charge in [-0.25, -0.2) is 0 Å². The van der Waals surface area contributed by atoms with Gasteiger partial charge in [0.1, 0.15) is 0 Å². The molecule has 1 fully saturated rings. The monoisotopic (exact) mass is 303 g/mol. The highest BCUT2D eigenvalue weighted by atomic mass is 16.2. The highest BCUT2D eigenvalue weighted by Gasteiger charge is 2.37. The molecule has 0 spiro atoms. The molecule has 1 saturated heterocycles. The van der Waals surface area contributed by atoms with Gasteiger partial charge in [0, 0.05) is 13.6 Å². The molecule has 0 unspecified atom stereocenters. The number of rotatable bonds is 6. The van der Waals surface area contributed by atoms with E-state index in [1.807, 2.05) is 37.3 Å². The molecule has 0 aliphatic carbocycles. The fourth-order valence-electron chi connectivity index (χ4n) is 3.10. The maximum atomic E-state index is 12.3. The number of likely N-dealkylation sites (tertiary alicyclic amines) is 1. The molecule has 1 aliphatic heterocycles. The molecule has 1 aliphatic rings. The Morgan fingerprint density at radius 1 is 1.32 bits per heavy atom. The third-order valence-corrected chi connectivity index (χ3v) is 4.17. The van der Waals surface area contributed by atoms with Crippen molar-refractivity contribution in [3.63, 3.8) is 0 Å². The third kappa shape index (κ3) is 3.85. The molecule has 0 saturated carbocycles. The number of likely N-dealkylation sites (N-methyl/N-ethyl adjacent to an activating group) is 2. The van der Waals surface area contributed by atoms with E-state index in [1.165, 1.54) is 0 Å². The van der Waals surface area contributed by atoms with Crippen LogP contribution in [0.2, 0.25) is 0 Å². The van der Waals surface area contributed by atoms with Gasteiger partial charge in [-0.15, -0.1) is 0 Å². The molecule has 120 valence electrons. The highest BCUT2D eigenvalue weighted by molar-refractivity contribution is 5.85. The Labute approximate surface area is 132 Å². The number of benzene rings is 1. The molecule has 1 aromatic carbocycles. The topological polar surface area (TPSA) is 61.4 Å². The first kappa shape index (κ1) is 16.5. The van der Waals surface area contributed by atoms with Crippen LogP contribution in [0.3, 0.4) is 0 Å². The molecule has 22 heavy (non-hydrogen) atoms.